The van der Waals surface area contributed by atoms with E-state index in [0.717, 1.165) is 38.5 Å². The van der Waals surface area contributed by atoms with Crippen LogP contribution in [0, 0.1) is 0 Å². The summed E-state index contributed by atoms with van der Waals surface area (Å²) in [6.45, 7) is 8.98. The number of aliphatic carboxylic acids is 1. The molecule has 0 atom stereocenters. The molecular weight excluding hydrogens is 487 g/mol. The van der Waals surface area contributed by atoms with Crippen molar-refractivity contribution >= 4 is 11.9 Å². The summed E-state index contributed by atoms with van der Waals surface area (Å²) in [4.78, 5) is 23.7. The van der Waals surface area contributed by atoms with Crippen LogP contribution in [0.1, 0.15) is 41.6 Å². The van der Waals surface area contributed by atoms with Gasteiger partial charge in [-0.2, -0.15) is 13.2 Å². The molecule has 3 rings (SSSR count). The van der Waals surface area contributed by atoms with Gasteiger partial charge in [0, 0.05) is 31.3 Å². The van der Waals surface area contributed by atoms with E-state index in [2.05, 4.69) is 15.4 Å². The van der Waals surface area contributed by atoms with E-state index in [9.17, 15) is 18.0 Å². The predicted molar refractivity (Wildman–Crippen MR) is 121 cm³/mol. The van der Waals surface area contributed by atoms with E-state index in [4.69, 9.17) is 28.6 Å². The summed E-state index contributed by atoms with van der Waals surface area (Å²) in [6, 6.07) is 7.01. The van der Waals surface area contributed by atoms with E-state index in [1.807, 2.05) is 19.9 Å². The molecule has 1 saturated heterocycles. The Labute approximate surface area is 206 Å². The fourth-order valence-corrected chi connectivity index (χ4v) is 2.99. The van der Waals surface area contributed by atoms with Crippen molar-refractivity contribution in [2.75, 3.05) is 46.6 Å². The van der Waals surface area contributed by atoms with Gasteiger partial charge in [0.25, 0.3) is 5.91 Å². The van der Waals surface area contributed by atoms with Crippen molar-refractivity contribution in [2.24, 2.45) is 0 Å². The van der Waals surface area contributed by atoms with Crippen molar-refractivity contribution < 1.29 is 46.6 Å². The lowest BCUT2D eigenvalue weighted by Gasteiger charge is -2.26. The molecule has 0 radical (unpaired) electrons. The Morgan fingerprint density at radius 2 is 1.86 bits per heavy atom. The van der Waals surface area contributed by atoms with Gasteiger partial charge in [0.1, 0.15) is 6.61 Å². The third-order valence-electron chi connectivity index (χ3n) is 5.03. The second kappa shape index (κ2) is 13.7. The lowest BCUT2D eigenvalue weighted by atomic mass is 10.1. The first-order chi connectivity index (χ1) is 17.0. The van der Waals surface area contributed by atoms with Gasteiger partial charge < -0.3 is 29.2 Å². The van der Waals surface area contributed by atoms with Crippen LogP contribution < -0.4 is 14.8 Å². The number of hydrogen-bond acceptors (Lipinski definition) is 8. The molecule has 1 aliphatic heterocycles. The number of rotatable bonds is 9. The maximum atomic E-state index is 12.5. The molecule has 1 amide bonds. The van der Waals surface area contributed by atoms with Crippen molar-refractivity contribution in [3.05, 3.63) is 41.3 Å². The lowest BCUT2D eigenvalue weighted by molar-refractivity contribution is -0.192. The number of carbonyl (C=O) groups is 2. The van der Waals surface area contributed by atoms with Crippen LogP contribution in [0.15, 0.2) is 28.8 Å². The first-order valence-electron chi connectivity index (χ1n) is 11.2. The molecule has 0 saturated carbocycles. The number of carboxylic acids is 1. The lowest BCUT2D eigenvalue weighted by Crippen LogP contribution is -2.38. The van der Waals surface area contributed by atoms with E-state index in [1.54, 1.807) is 25.3 Å². The van der Waals surface area contributed by atoms with Gasteiger partial charge in [-0.3, -0.25) is 9.69 Å². The van der Waals surface area contributed by atoms with Gasteiger partial charge >= 0.3 is 12.1 Å². The number of morpholine rings is 1. The SMILES string of the molecule is COc1ccc(C(=O)NCc2cc(C(C)C)no2)cc1OCCN1CCOCC1.O=C(O)C(F)(F)F. The average Bonchev–Trinajstić information content (AvgIpc) is 3.32. The third kappa shape index (κ3) is 9.38. The average molecular weight is 518 g/mol. The molecule has 1 aromatic carbocycles. The zero-order valence-electron chi connectivity index (χ0n) is 20.3. The van der Waals surface area contributed by atoms with Crippen molar-refractivity contribution in [1.82, 2.24) is 15.4 Å². The summed E-state index contributed by atoms with van der Waals surface area (Å²) >= 11 is 0. The molecule has 2 heterocycles. The standard InChI is InChI=1S/C21H29N3O5.C2HF3O2/c1-15(2)18-13-17(29-23-18)14-22-21(25)16-4-5-19(26-3)20(12-16)28-11-8-24-6-9-27-10-7-24;3-2(4,5)1(6)7/h4-5,12-13,15H,6-11,14H2,1-3H3,(H,22,25);(H,6,7). The minimum atomic E-state index is -5.08. The van der Waals surface area contributed by atoms with E-state index in [0.29, 0.717) is 29.4 Å². The molecular formula is C23H30F3N3O7. The Kier molecular flexibility index (Phi) is 11.0. The summed E-state index contributed by atoms with van der Waals surface area (Å²) < 4.78 is 53.6. The van der Waals surface area contributed by atoms with Crippen molar-refractivity contribution in [2.45, 2.75) is 32.5 Å². The fourth-order valence-electron chi connectivity index (χ4n) is 2.99. The topological polar surface area (TPSA) is 123 Å². The van der Waals surface area contributed by atoms with Crippen LogP contribution >= 0.6 is 0 Å². The number of benzene rings is 1. The summed E-state index contributed by atoms with van der Waals surface area (Å²) in [5.74, 6) is -0.921. The summed E-state index contributed by atoms with van der Waals surface area (Å²) in [5.41, 5.74) is 1.37. The van der Waals surface area contributed by atoms with Crippen molar-refractivity contribution in [3.63, 3.8) is 0 Å². The highest BCUT2D eigenvalue weighted by Crippen LogP contribution is 2.28. The molecule has 0 aliphatic carbocycles. The Morgan fingerprint density at radius 1 is 1.19 bits per heavy atom. The Hall–Kier alpha value is -3.32. The van der Waals surface area contributed by atoms with Gasteiger partial charge in [0.05, 0.1) is 32.6 Å². The monoisotopic (exact) mass is 517 g/mol. The van der Waals surface area contributed by atoms with Gasteiger partial charge in [-0.25, -0.2) is 4.79 Å². The first-order valence-corrected chi connectivity index (χ1v) is 11.2. The minimum Gasteiger partial charge on any atom is -0.493 e. The molecule has 1 aliphatic rings. The van der Waals surface area contributed by atoms with Gasteiger partial charge in [0.2, 0.25) is 0 Å². The smallest absolute Gasteiger partial charge is 0.490 e. The first kappa shape index (κ1) is 28.9. The normalized spacial score (nSPS) is 14.1. The minimum absolute atomic E-state index is 0.215. The number of methoxy groups -OCH3 is 1. The van der Waals surface area contributed by atoms with Gasteiger partial charge in [0.15, 0.2) is 17.3 Å². The molecule has 200 valence electrons. The van der Waals surface area contributed by atoms with Crippen LogP contribution in [0.3, 0.4) is 0 Å². The second-order valence-corrected chi connectivity index (χ2v) is 8.03. The van der Waals surface area contributed by atoms with Crippen LogP contribution in [0.5, 0.6) is 11.5 Å². The number of carboxylic acid groups (broad SMARTS) is 1. The molecule has 2 N–H and O–H groups in total. The Bertz CT molecular complexity index is 990. The zero-order chi connectivity index (χ0) is 26.7. The Balaban J connectivity index is 0.000000572. The largest absolute Gasteiger partial charge is 0.493 e. The molecule has 0 bridgehead atoms. The number of halogens is 3. The number of aromatic nitrogens is 1. The predicted octanol–water partition coefficient (Wildman–Crippen LogP) is 3.08. The number of nitrogens with one attached hydrogen (secondary N) is 1. The number of amides is 1. The highest BCUT2D eigenvalue weighted by atomic mass is 19.4. The summed E-state index contributed by atoms with van der Waals surface area (Å²) in [5, 5.41) is 14.0. The van der Waals surface area contributed by atoms with Crippen LogP contribution in [0.4, 0.5) is 13.2 Å². The number of ether oxygens (including phenoxy) is 3. The number of nitrogens with zero attached hydrogens (tertiary/aromatic N) is 2. The van der Waals surface area contributed by atoms with Crippen LogP contribution in [0.2, 0.25) is 0 Å². The van der Waals surface area contributed by atoms with E-state index >= 15 is 0 Å². The van der Waals surface area contributed by atoms with Crippen LogP contribution in [-0.4, -0.2) is 79.8 Å². The maximum absolute atomic E-state index is 12.5. The molecule has 36 heavy (non-hydrogen) atoms. The van der Waals surface area contributed by atoms with Crippen LogP contribution in [-0.2, 0) is 16.1 Å². The van der Waals surface area contributed by atoms with E-state index < -0.39 is 12.1 Å². The molecule has 13 heteroatoms. The highest BCUT2D eigenvalue weighted by Gasteiger charge is 2.38. The van der Waals surface area contributed by atoms with E-state index in [1.165, 1.54) is 0 Å². The molecule has 1 aromatic heterocycles. The number of hydrogen-bond donors (Lipinski definition) is 2. The van der Waals surface area contributed by atoms with Gasteiger partial charge in [-0.05, 0) is 24.1 Å². The number of alkyl halides is 3. The summed E-state index contributed by atoms with van der Waals surface area (Å²) in [6.07, 6.45) is -5.08. The molecule has 10 nitrogen and oxygen atoms in total. The van der Waals surface area contributed by atoms with E-state index in [-0.39, 0.29) is 18.4 Å². The molecule has 0 spiro atoms. The third-order valence-corrected chi connectivity index (χ3v) is 5.03. The van der Waals surface area contributed by atoms with Crippen molar-refractivity contribution in [1.29, 1.82) is 0 Å². The Morgan fingerprint density at radius 3 is 2.42 bits per heavy atom. The summed E-state index contributed by atoms with van der Waals surface area (Å²) in [7, 11) is 1.58. The number of carbonyl (C=O) groups excluding carboxylic acids is 1. The maximum Gasteiger partial charge on any atom is 0.490 e. The fraction of sp³-hybridized carbons (Fsp3) is 0.522. The van der Waals surface area contributed by atoms with Gasteiger partial charge in [-0.1, -0.05) is 19.0 Å². The quantitative estimate of drug-likeness (QED) is 0.517. The highest BCUT2D eigenvalue weighted by molar-refractivity contribution is 5.94. The zero-order valence-corrected chi connectivity index (χ0v) is 20.3. The van der Waals surface area contributed by atoms with Crippen LogP contribution in [0.25, 0.3) is 0 Å². The van der Waals surface area contributed by atoms with Crippen molar-refractivity contribution in [3.8, 4) is 11.5 Å². The molecule has 1 fully saturated rings. The second-order valence-electron chi connectivity index (χ2n) is 8.03. The molecule has 2 aromatic rings. The van der Waals surface area contributed by atoms with Gasteiger partial charge in [-0.15, -0.1) is 0 Å². The molecule has 0 unspecified atom stereocenters.